The minimum Gasteiger partial charge on any atom is -0.376 e. The highest BCUT2D eigenvalue weighted by molar-refractivity contribution is 4.92. The lowest BCUT2D eigenvalue weighted by atomic mass is 9.74. The van der Waals surface area contributed by atoms with Gasteiger partial charge in [0.05, 0.1) is 12.7 Å². The van der Waals surface area contributed by atoms with E-state index in [2.05, 4.69) is 33.0 Å². The van der Waals surface area contributed by atoms with Crippen LogP contribution in [-0.4, -0.2) is 25.3 Å². The Balaban J connectivity index is 2.04. The predicted octanol–water partition coefficient (Wildman–Crippen LogP) is 4.00. The topological polar surface area (TPSA) is 21.3 Å². The number of ether oxygens (including phenoxy) is 1. The highest BCUT2D eigenvalue weighted by atomic mass is 16.5. The first-order valence-corrected chi connectivity index (χ1v) is 8.37. The van der Waals surface area contributed by atoms with Crippen LogP contribution < -0.4 is 5.32 Å². The molecule has 2 rings (SSSR count). The standard InChI is InChI=1S/C17H33NO/c1-13(2)10-15-16(14(3)4)18-11-17(12-19-15)8-6-5-7-9-17/h13-16,18H,5-12H2,1-4H3. The molecule has 2 aliphatic rings. The van der Waals surface area contributed by atoms with Gasteiger partial charge in [-0.3, -0.25) is 0 Å². The molecule has 1 N–H and O–H groups in total. The summed E-state index contributed by atoms with van der Waals surface area (Å²) in [5, 5.41) is 3.87. The zero-order chi connectivity index (χ0) is 13.9. The molecule has 1 heterocycles. The molecule has 1 saturated heterocycles. The molecule has 0 aromatic rings. The third-order valence-electron chi connectivity index (χ3n) is 5.05. The van der Waals surface area contributed by atoms with Crippen molar-refractivity contribution in [3.63, 3.8) is 0 Å². The van der Waals surface area contributed by atoms with Crippen LogP contribution in [0.1, 0.15) is 66.2 Å². The molecular formula is C17H33NO. The molecule has 1 spiro atoms. The van der Waals surface area contributed by atoms with E-state index in [1.807, 2.05) is 0 Å². The van der Waals surface area contributed by atoms with Crippen LogP contribution in [0.2, 0.25) is 0 Å². The van der Waals surface area contributed by atoms with E-state index in [-0.39, 0.29) is 0 Å². The van der Waals surface area contributed by atoms with Crippen molar-refractivity contribution >= 4 is 0 Å². The molecule has 2 fully saturated rings. The van der Waals surface area contributed by atoms with Crippen LogP contribution in [0.4, 0.5) is 0 Å². The van der Waals surface area contributed by atoms with Gasteiger partial charge < -0.3 is 10.1 Å². The molecule has 2 atom stereocenters. The lowest BCUT2D eigenvalue weighted by Crippen LogP contribution is -2.45. The summed E-state index contributed by atoms with van der Waals surface area (Å²) < 4.78 is 6.42. The highest BCUT2D eigenvalue weighted by Crippen LogP contribution is 2.38. The maximum absolute atomic E-state index is 6.42. The molecule has 19 heavy (non-hydrogen) atoms. The van der Waals surface area contributed by atoms with E-state index in [9.17, 15) is 0 Å². The minimum absolute atomic E-state index is 0.404. The molecule has 0 radical (unpaired) electrons. The second-order valence-corrected chi connectivity index (χ2v) is 7.69. The molecule has 112 valence electrons. The van der Waals surface area contributed by atoms with Gasteiger partial charge in [0.2, 0.25) is 0 Å². The van der Waals surface area contributed by atoms with Crippen LogP contribution in [-0.2, 0) is 4.74 Å². The first-order valence-electron chi connectivity index (χ1n) is 8.37. The lowest BCUT2D eigenvalue weighted by molar-refractivity contribution is -0.0246. The third-order valence-corrected chi connectivity index (χ3v) is 5.05. The predicted molar refractivity (Wildman–Crippen MR) is 81.3 cm³/mol. The van der Waals surface area contributed by atoms with Gasteiger partial charge in [-0.15, -0.1) is 0 Å². The molecule has 0 amide bonds. The summed E-state index contributed by atoms with van der Waals surface area (Å²) in [5.74, 6) is 1.37. The number of nitrogens with one attached hydrogen (secondary N) is 1. The molecule has 0 bridgehead atoms. The van der Waals surface area contributed by atoms with Crippen molar-refractivity contribution in [2.75, 3.05) is 13.2 Å². The van der Waals surface area contributed by atoms with Gasteiger partial charge in [-0.1, -0.05) is 47.0 Å². The van der Waals surface area contributed by atoms with Crippen molar-refractivity contribution in [3.05, 3.63) is 0 Å². The van der Waals surface area contributed by atoms with Gasteiger partial charge in [0, 0.05) is 18.0 Å². The monoisotopic (exact) mass is 267 g/mol. The van der Waals surface area contributed by atoms with Gasteiger partial charge in [0.15, 0.2) is 0 Å². The van der Waals surface area contributed by atoms with E-state index >= 15 is 0 Å². The minimum atomic E-state index is 0.404. The SMILES string of the molecule is CC(C)CC1OCC2(CCCCC2)CNC1C(C)C. The molecule has 2 nitrogen and oxygen atoms in total. The maximum Gasteiger partial charge on any atom is 0.0733 e. The fraction of sp³-hybridized carbons (Fsp3) is 1.00. The summed E-state index contributed by atoms with van der Waals surface area (Å²) in [7, 11) is 0. The molecular weight excluding hydrogens is 234 g/mol. The summed E-state index contributed by atoms with van der Waals surface area (Å²) >= 11 is 0. The Hall–Kier alpha value is -0.0800. The van der Waals surface area contributed by atoms with Gasteiger partial charge in [-0.2, -0.15) is 0 Å². The second-order valence-electron chi connectivity index (χ2n) is 7.69. The highest BCUT2D eigenvalue weighted by Gasteiger charge is 2.39. The van der Waals surface area contributed by atoms with E-state index in [1.54, 1.807) is 0 Å². The molecule has 2 heteroatoms. The quantitative estimate of drug-likeness (QED) is 0.834. The molecule has 0 aromatic heterocycles. The fourth-order valence-electron chi connectivity index (χ4n) is 3.87. The van der Waals surface area contributed by atoms with Gasteiger partial charge >= 0.3 is 0 Å². The first-order chi connectivity index (χ1) is 9.02. The molecule has 1 saturated carbocycles. The molecule has 0 aromatic carbocycles. The van der Waals surface area contributed by atoms with Crippen LogP contribution in [0, 0.1) is 17.3 Å². The Bertz CT molecular complexity index is 268. The van der Waals surface area contributed by atoms with E-state index in [0.717, 1.165) is 6.61 Å². The summed E-state index contributed by atoms with van der Waals surface area (Å²) in [6.07, 6.45) is 8.52. The van der Waals surface area contributed by atoms with E-state index in [0.29, 0.717) is 29.4 Å². The van der Waals surface area contributed by atoms with Crippen LogP contribution in [0.5, 0.6) is 0 Å². The van der Waals surface area contributed by atoms with Crippen molar-refractivity contribution in [1.29, 1.82) is 0 Å². The van der Waals surface area contributed by atoms with Gasteiger partial charge in [0.1, 0.15) is 0 Å². The largest absolute Gasteiger partial charge is 0.376 e. The number of rotatable bonds is 3. The number of hydrogen-bond donors (Lipinski definition) is 1. The molecule has 2 unspecified atom stereocenters. The first kappa shape index (κ1) is 15.3. The van der Waals surface area contributed by atoms with Crippen LogP contribution in [0.15, 0.2) is 0 Å². The normalized spacial score (nSPS) is 31.9. The van der Waals surface area contributed by atoms with Gasteiger partial charge in [-0.25, -0.2) is 0 Å². The third kappa shape index (κ3) is 3.95. The van der Waals surface area contributed by atoms with Crippen molar-refractivity contribution < 1.29 is 4.74 Å². The Morgan fingerprint density at radius 2 is 1.79 bits per heavy atom. The van der Waals surface area contributed by atoms with E-state index in [1.165, 1.54) is 45.1 Å². The Morgan fingerprint density at radius 1 is 1.11 bits per heavy atom. The van der Waals surface area contributed by atoms with E-state index < -0.39 is 0 Å². The fourth-order valence-corrected chi connectivity index (χ4v) is 3.87. The average molecular weight is 267 g/mol. The number of hydrogen-bond acceptors (Lipinski definition) is 2. The second kappa shape index (κ2) is 6.58. The van der Waals surface area contributed by atoms with Crippen LogP contribution in [0.3, 0.4) is 0 Å². The lowest BCUT2D eigenvalue weighted by Gasteiger charge is -2.35. The molecule has 1 aliphatic heterocycles. The van der Waals surface area contributed by atoms with Crippen molar-refractivity contribution in [1.82, 2.24) is 5.32 Å². The average Bonchev–Trinajstić information content (AvgIpc) is 2.51. The van der Waals surface area contributed by atoms with Gasteiger partial charge in [0.25, 0.3) is 0 Å². The van der Waals surface area contributed by atoms with E-state index in [4.69, 9.17) is 4.74 Å². The van der Waals surface area contributed by atoms with Crippen molar-refractivity contribution in [2.45, 2.75) is 78.4 Å². The summed E-state index contributed by atoms with van der Waals surface area (Å²) in [6.45, 7) is 11.4. The summed E-state index contributed by atoms with van der Waals surface area (Å²) in [5.41, 5.74) is 0.442. The van der Waals surface area contributed by atoms with Crippen LogP contribution >= 0.6 is 0 Å². The van der Waals surface area contributed by atoms with Crippen molar-refractivity contribution in [2.24, 2.45) is 17.3 Å². The summed E-state index contributed by atoms with van der Waals surface area (Å²) in [4.78, 5) is 0. The van der Waals surface area contributed by atoms with Crippen LogP contribution in [0.25, 0.3) is 0 Å². The zero-order valence-electron chi connectivity index (χ0n) is 13.4. The van der Waals surface area contributed by atoms with Crippen molar-refractivity contribution in [3.8, 4) is 0 Å². The Morgan fingerprint density at radius 3 is 2.37 bits per heavy atom. The van der Waals surface area contributed by atoms with Gasteiger partial charge in [-0.05, 0) is 31.1 Å². The zero-order valence-corrected chi connectivity index (χ0v) is 13.4. The summed E-state index contributed by atoms with van der Waals surface area (Å²) in [6, 6.07) is 0.531. The Labute approximate surface area is 119 Å². The smallest absolute Gasteiger partial charge is 0.0733 e. The maximum atomic E-state index is 6.42. The molecule has 1 aliphatic carbocycles. The Kier molecular flexibility index (Phi) is 5.30.